The second kappa shape index (κ2) is 6.19. The minimum absolute atomic E-state index is 0.00850. The number of rotatable bonds is 4. The summed E-state index contributed by atoms with van der Waals surface area (Å²) in [5, 5.41) is 0. The molecule has 0 aliphatic heterocycles. The molecule has 5 nitrogen and oxygen atoms in total. The van der Waals surface area contributed by atoms with Crippen LogP contribution in [0.25, 0.3) is 0 Å². The van der Waals surface area contributed by atoms with Crippen LogP contribution in [0.1, 0.15) is 39.0 Å². The van der Waals surface area contributed by atoms with E-state index in [1.807, 2.05) is 0 Å². The van der Waals surface area contributed by atoms with Gasteiger partial charge in [0.2, 0.25) is 0 Å². The molecule has 1 saturated carbocycles. The summed E-state index contributed by atoms with van der Waals surface area (Å²) in [6.45, 7) is 3.02. The number of nitrogens with zero attached hydrogens (tertiary/aromatic N) is 3. The Bertz CT molecular complexity index is 463. The first-order valence-corrected chi connectivity index (χ1v) is 7.17. The minimum Gasteiger partial charge on any atom is -0.349 e. The van der Waals surface area contributed by atoms with Crippen molar-refractivity contribution in [3.8, 4) is 0 Å². The third kappa shape index (κ3) is 3.15. The number of aryl methyl sites for hydroxylation is 1. The highest BCUT2D eigenvalue weighted by molar-refractivity contribution is 5.37. The van der Waals surface area contributed by atoms with Gasteiger partial charge < -0.3 is 15.2 Å². The standard InChI is InChI=1S/C14H24N4O/c1-3-9-18(12-6-4-11(15)5-7-12)13-14(19)17(2)10-8-16-13/h8,10-12H,3-7,9,15H2,1-2H3. The molecular weight excluding hydrogens is 240 g/mol. The molecule has 0 aromatic carbocycles. The Morgan fingerprint density at radius 2 is 2.11 bits per heavy atom. The maximum Gasteiger partial charge on any atom is 0.293 e. The normalized spacial score (nSPS) is 23.3. The van der Waals surface area contributed by atoms with Crippen LogP contribution < -0.4 is 16.2 Å². The van der Waals surface area contributed by atoms with Gasteiger partial charge in [0.1, 0.15) is 0 Å². The van der Waals surface area contributed by atoms with Crippen LogP contribution in [-0.4, -0.2) is 28.2 Å². The fraction of sp³-hybridized carbons (Fsp3) is 0.714. The predicted molar refractivity (Wildman–Crippen MR) is 77.3 cm³/mol. The molecule has 0 atom stereocenters. The highest BCUT2D eigenvalue weighted by atomic mass is 16.1. The van der Waals surface area contributed by atoms with Crippen molar-refractivity contribution < 1.29 is 0 Å². The summed E-state index contributed by atoms with van der Waals surface area (Å²) in [6, 6.07) is 0.730. The zero-order valence-electron chi connectivity index (χ0n) is 11.9. The second-order valence-electron chi connectivity index (χ2n) is 5.43. The number of anilines is 1. The summed E-state index contributed by atoms with van der Waals surface area (Å²) >= 11 is 0. The molecule has 1 fully saturated rings. The van der Waals surface area contributed by atoms with Crippen molar-refractivity contribution in [2.75, 3.05) is 11.4 Å². The van der Waals surface area contributed by atoms with Crippen molar-refractivity contribution in [1.82, 2.24) is 9.55 Å². The Morgan fingerprint density at radius 3 is 2.74 bits per heavy atom. The third-order valence-corrected chi connectivity index (χ3v) is 3.92. The van der Waals surface area contributed by atoms with Crippen molar-refractivity contribution in [1.29, 1.82) is 0 Å². The minimum atomic E-state index is -0.00850. The molecule has 1 aliphatic carbocycles. The second-order valence-corrected chi connectivity index (χ2v) is 5.43. The van der Waals surface area contributed by atoms with Crippen molar-refractivity contribution in [2.45, 2.75) is 51.1 Å². The zero-order valence-corrected chi connectivity index (χ0v) is 11.9. The Balaban J connectivity index is 2.24. The van der Waals surface area contributed by atoms with Gasteiger partial charge in [-0.3, -0.25) is 4.79 Å². The van der Waals surface area contributed by atoms with E-state index in [1.54, 1.807) is 24.0 Å². The van der Waals surface area contributed by atoms with Crippen LogP contribution >= 0.6 is 0 Å². The van der Waals surface area contributed by atoms with E-state index >= 15 is 0 Å². The molecule has 0 bridgehead atoms. The van der Waals surface area contributed by atoms with Gasteiger partial charge in [0.25, 0.3) is 5.56 Å². The van der Waals surface area contributed by atoms with Crippen LogP contribution in [0.3, 0.4) is 0 Å². The van der Waals surface area contributed by atoms with Gasteiger partial charge in [-0.05, 0) is 32.1 Å². The van der Waals surface area contributed by atoms with Gasteiger partial charge in [0.05, 0.1) is 0 Å². The first kappa shape index (κ1) is 14.1. The molecule has 1 heterocycles. The Morgan fingerprint density at radius 1 is 1.42 bits per heavy atom. The van der Waals surface area contributed by atoms with Gasteiger partial charge in [-0.15, -0.1) is 0 Å². The molecule has 2 rings (SSSR count). The molecule has 1 aliphatic rings. The molecule has 0 radical (unpaired) electrons. The summed E-state index contributed by atoms with van der Waals surface area (Å²) in [5.74, 6) is 0.590. The molecule has 19 heavy (non-hydrogen) atoms. The van der Waals surface area contributed by atoms with Crippen molar-refractivity contribution in [3.63, 3.8) is 0 Å². The molecule has 0 saturated heterocycles. The SMILES string of the molecule is CCCN(c1nccn(C)c1=O)C1CCC(N)CC1. The average molecular weight is 264 g/mol. The first-order chi connectivity index (χ1) is 9.13. The number of aromatic nitrogens is 2. The predicted octanol–water partition coefficient (Wildman–Crippen LogP) is 1.27. The molecule has 1 aromatic heterocycles. The van der Waals surface area contributed by atoms with E-state index in [0.717, 1.165) is 38.6 Å². The lowest BCUT2D eigenvalue weighted by atomic mass is 9.90. The van der Waals surface area contributed by atoms with Crippen LogP contribution in [-0.2, 0) is 7.05 Å². The van der Waals surface area contributed by atoms with E-state index in [2.05, 4.69) is 16.8 Å². The van der Waals surface area contributed by atoms with Gasteiger partial charge in [-0.1, -0.05) is 6.92 Å². The highest BCUT2D eigenvalue weighted by Gasteiger charge is 2.26. The molecule has 0 amide bonds. The average Bonchev–Trinajstić information content (AvgIpc) is 2.41. The van der Waals surface area contributed by atoms with E-state index < -0.39 is 0 Å². The van der Waals surface area contributed by atoms with E-state index in [1.165, 1.54) is 0 Å². The zero-order chi connectivity index (χ0) is 13.8. The first-order valence-electron chi connectivity index (χ1n) is 7.17. The summed E-state index contributed by atoms with van der Waals surface area (Å²) in [5.41, 5.74) is 5.96. The number of hydrogen-bond donors (Lipinski definition) is 1. The fourth-order valence-electron chi connectivity index (χ4n) is 2.80. The quantitative estimate of drug-likeness (QED) is 0.889. The van der Waals surface area contributed by atoms with Crippen molar-refractivity contribution >= 4 is 5.82 Å². The van der Waals surface area contributed by atoms with Crippen LogP contribution in [0.15, 0.2) is 17.2 Å². The molecule has 5 heteroatoms. The van der Waals surface area contributed by atoms with Gasteiger partial charge in [-0.2, -0.15) is 0 Å². The number of hydrogen-bond acceptors (Lipinski definition) is 4. The van der Waals surface area contributed by atoms with Gasteiger partial charge in [-0.25, -0.2) is 4.98 Å². The third-order valence-electron chi connectivity index (χ3n) is 3.92. The van der Waals surface area contributed by atoms with Crippen LogP contribution in [0.5, 0.6) is 0 Å². The lowest BCUT2D eigenvalue weighted by Crippen LogP contribution is -2.44. The van der Waals surface area contributed by atoms with Gasteiger partial charge in [0.15, 0.2) is 5.82 Å². The van der Waals surface area contributed by atoms with Gasteiger partial charge in [0, 0.05) is 38.1 Å². The maximum absolute atomic E-state index is 12.2. The van der Waals surface area contributed by atoms with Crippen molar-refractivity contribution in [2.24, 2.45) is 12.8 Å². The molecule has 106 valence electrons. The Hall–Kier alpha value is -1.36. The smallest absolute Gasteiger partial charge is 0.293 e. The maximum atomic E-state index is 12.2. The summed E-state index contributed by atoms with van der Waals surface area (Å²) in [7, 11) is 1.77. The molecule has 0 unspecified atom stereocenters. The largest absolute Gasteiger partial charge is 0.349 e. The van der Waals surface area contributed by atoms with Gasteiger partial charge >= 0.3 is 0 Å². The van der Waals surface area contributed by atoms with Crippen LogP contribution in [0.2, 0.25) is 0 Å². The lowest BCUT2D eigenvalue weighted by Gasteiger charge is -2.36. The van der Waals surface area contributed by atoms with E-state index in [0.29, 0.717) is 17.9 Å². The van der Waals surface area contributed by atoms with Crippen molar-refractivity contribution in [3.05, 3.63) is 22.7 Å². The summed E-state index contributed by atoms with van der Waals surface area (Å²) in [6.07, 6.45) is 8.61. The number of nitrogens with two attached hydrogens (primary N) is 1. The molecule has 0 spiro atoms. The van der Waals surface area contributed by atoms with Crippen LogP contribution in [0.4, 0.5) is 5.82 Å². The topological polar surface area (TPSA) is 64.2 Å². The van der Waals surface area contributed by atoms with E-state index in [9.17, 15) is 4.79 Å². The monoisotopic (exact) mass is 264 g/mol. The fourth-order valence-corrected chi connectivity index (χ4v) is 2.80. The summed E-state index contributed by atoms with van der Waals surface area (Å²) in [4.78, 5) is 18.7. The molecule has 2 N–H and O–H groups in total. The lowest BCUT2D eigenvalue weighted by molar-refractivity contribution is 0.373. The highest BCUT2D eigenvalue weighted by Crippen LogP contribution is 2.24. The summed E-state index contributed by atoms with van der Waals surface area (Å²) < 4.78 is 1.60. The Kier molecular flexibility index (Phi) is 4.58. The van der Waals surface area contributed by atoms with E-state index in [-0.39, 0.29) is 5.56 Å². The molecule has 1 aromatic rings. The van der Waals surface area contributed by atoms with Crippen LogP contribution in [0, 0.1) is 0 Å². The van der Waals surface area contributed by atoms with E-state index in [4.69, 9.17) is 5.73 Å². The Labute approximate surface area is 114 Å². The molecular formula is C14H24N4O.